The highest BCUT2D eigenvalue weighted by Crippen LogP contribution is 2.57. The number of nitriles is 2. The SMILES string of the molecule is CC1(C)CC(=O)C2=C(C1)OC(c1ccccc1[N+](=O)[O-])C2(C#N)C#N. The summed E-state index contributed by atoms with van der Waals surface area (Å²) in [5, 5.41) is 30.9. The van der Waals surface area contributed by atoms with Gasteiger partial charge in [0.2, 0.25) is 5.41 Å². The van der Waals surface area contributed by atoms with Crippen LogP contribution in [0.15, 0.2) is 35.6 Å². The maximum atomic E-state index is 12.6. The molecule has 1 aromatic rings. The minimum atomic E-state index is -1.88. The fourth-order valence-corrected chi connectivity index (χ4v) is 3.59. The van der Waals surface area contributed by atoms with Gasteiger partial charge in [-0.15, -0.1) is 0 Å². The van der Waals surface area contributed by atoms with Crippen LogP contribution in [0.1, 0.15) is 38.4 Å². The summed E-state index contributed by atoms with van der Waals surface area (Å²) in [6, 6.07) is 9.65. The first-order valence-corrected chi connectivity index (χ1v) is 7.75. The third-order valence-electron chi connectivity index (χ3n) is 4.65. The van der Waals surface area contributed by atoms with E-state index >= 15 is 0 Å². The van der Waals surface area contributed by atoms with Gasteiger partial charge in [0.15, 0.2) is 11.9 Å². The Balaban J connectivity index is 2.20. The number of allylic oxidation sites excluding steroid dienone is 1. The number of nitro groups is 1. The molecule has 0 fully saturated rings. The fraction of sp³-hybridized carbons (Fsp3) is 0.389. The zero-order valence-electron chi connectivity index (χ0n) is 13.8. The normalized spacial score (nSPS) is 23.2. The third-order valence-corrected chi connectivity index (χ3v) is 4.65. The molecule has 25 heavy (non-hydrogen) atoms. The zero-order valence-corrected chi connectivity index (χ0v) is 13.8. The summed E-state index contributed by atoms with van der Waals surface area (Å²) in [6.07, 6.45) is -0.604. The predicted octanol–water partition coefficient (Wildman–Crippen LogP) is 3.34. The Bertz CT molecular complexity index is 888. The number of rotatable bonds is 2. The van der Waals surface area contributed by atoms with Crippen molar-refractivity contribution in [2.45, 2.75) is 32.8 Å². The molecule has 7 heteroatoms. The first kappa shape index (κ1) is 16.7. The molecule has 1 aromatic carbocycles. The van der Waals surface area contributed by atoms with Crippen molar-refractivity contribution in [3.8, 4) is 12.1 Å². The molecule has 1 aliphatic heterocycles. The predicted molar refractivity (Wildman–Crippen MR) is 85.6 cm³/mol. The summed E-state index contributed by atoms with van der Waals surface area (Å²) >= 11 is 0. The minimum absolute atomic E-state index is 0.0555. The Labute approximate surface area is 144 Å². The first-order chi connectivity index (χ1) is 11.8. The van der Waals surface area contributed by atoms with Crippen LogP contribution in [-0.4, -0.2) is 10.7 Å². The number of benzene rings is 1. The number of nitro benzene ring substituents is 1. The van der Waals surface area contributed by atoms with Gasteiger partial charge in [-0.3, -0.25) is 14.9 Å². The van der Waals surface area contributed by atoms with Crippen molar-refractivity contribution >= 4 is 11.5 Å². The number of Topliss-reactive ketones (excluding diaryl/α,β-unsaturated/α-hetero) is 1. The van der Waals surface area contributed by atoms with Gasteiger partial charge in [-0.2, -0.15) is 10.5 Å². The molecular formula is C18H15N3O4. The quantitative estimate of drug-likeness (QED) is 0.603. The lowest BCUT2D eigenvalue weighted by molar-refractivity contribution is -0.386. The van der Waals surface area contributed by atoms with E-state index in [-0.39, 0.29) is 34.4 Å². The van der Waals surface area contributed by atoms with Crippen LogP contribution in [0.25, 0.3) is 0 Å². The summed E-state index contributed by atoms with van der Waals surface area (Å²) in [5.41, 5.74) is -2.30. The molecule has 2 aliphatic rings. The average molecular weight is 337 g/mol. The Morgan fingerprint density at radius 2 is 1.88 bits per heavy atom. The number of carbonyl (C=O) groups is 1. The standard InChI is InChI=1S/C18H15N3O4/c1-17(2)7-13(22)15-14(8-17)25-16(18(15,9-19)10-20)11-5-3-4-6-12(11)21(23)24/h3-6,16H,7-8H2,1-2H3. The van der Waals surface area contributed by atoms with Crippen molar-refractivity contribution in [3.05, 3.63) is 51.3 Å². The highest BCUT2D eigenvalue weighted by atomic mass is 16.6. The van der Waals surface area contributed by atoms with Crippen LogP contribution in [0.4, 0.5) is 5.69 Å². The van der Waals surface area contributed by atoms with Crippen LogP contribution in [-0.2, 0) is 9.53 Å². The zero-order chi connectivity index (χ0) is 18.4. The number of ketones is 1. The molecule has 0 saturated carbocycles. The summed E-state index contributed by atoms with van der Waals surface area (Å²) in [6.45, 7) is 3.80. The lowest BCUT2D eigenvalue weighted by atomic mass is 9.68. The van der Waals surface area contributed by atoms with E-state index in [4.69, 9.17) is 4.74 Å². The smallest absolute Gasteiger partial charge is 0.276 e. The molecule has 0 radical (unpaired) electrons. The number of hydrogen-bond donors (Lipinski definition) is 0. The van der Waals surface area contributed by atoms with Crippen LogP contribution in [0, 0.1) is 43.6 Å². The number of hydrogen-bond acceptors (Lipinski definition) is 6. The van der Waals surface area contributed by atoms with Crippen LogP contribution < -0.4 is 0 Å². The van der Waals surface area contributed by atoms with Crippen LogP contribution in [0.3, 0.4) is 0 Å². The van der Waals surface area contributed by atoms with Crippen LogP contribution >= 0.6 is 0 Å². The van der Waals surface area contributed by atoms with Crippen LogP contribution in [0.5, 0.6) is 0 Å². The molecule has 7 nitrogen and oxygen atoms in total. The molecule has 1 atom stereocenters. The fourth-order valence-electron chi connectivity index (χ4n) is 3.59. The lowest BCUT2D eigenvalue weighted by Gasteiger charge is -2.29. The van der Waals surface area contributed by atoms with E-state index in [0.29, 0.717) is 12.2 Å². The van der Waals surface area contributed by atoms with Gasteiger partial charge in [-0.05, 0) is 11.5 Å². The van der Waals surface area contributed by atoms with Gasteiger partial charge in [0.1, 0.15) is 5.76 Å². The van der Waals surface area contributed by atoms with E-state index in [2.05, 4.69) is 0 Å². The second-order valence-corrected chi connectivity index (χ2v) is 7.08. The molecule has 0 amide bonds. The Hall–Kier alpha value is -3.19. The van der Waals surface area contributed by atoms with E-state index < -0.39 is 16.4 Å². The molecule has 0 spiro atoms. The number of nitrogens with zero attached hydrogens (tertiary/aromatic N) is 3. The molecule has 1 heterocycles. The van der Waals surface area contributed by atoms with E-state index in [1.807, 2.05) is 26.0 Å². The van der Waals surface area contributed by atoms with Gasteiger partial charge in [0, 0.05) is 18.9 Å². The van der Waals surface area contributed by atoms with Gasteiger partial charge in [-0.1, -0.05) is 26.0 Å². The second-order valence-electron chi connectivity index (χ2n) is 7.08. The van der Waals surface area contributed by atoms with Crippen molar-refractivity contribution in [2.24, 2.45) is 10.8 Å². The highest BCUT2D eigenvalue weighted by Gasteiger charge is 2.59. The molecule has 126 valence electrons. The summed E-state index contributed by atoms with van der Waals surface area (Å²) in [5.74, 6) is -0.0112. The number of carbonyl (C=O) groups excluding carboxylic acids is 1. The van der Waals surface area contributed by atoms with Gasteiger partial charge < -0.3 is 4.74 Å². The third kappa shape index (κ3) is 2.36. The Morgan fingerprint density at radius 1 is 1.24 bits per heavy atom. The van der Waals surface area contributed by atoms with Gasteiger partial charge in [-0.25, -0.2) is 0 Å². The molecule has 1 aliphatic carbocycles. The highest BCUT2D eigenvalue weighted by molar-refractivity contribution is 6.00. The van der Waals surface area contributed by atoms with Gasteiger partial charge >= 0.3 is 0 Å². The molecule has 0 bridgehead atoms. The van der Waals surface area contributed by atoms with E-state index in [0.717, 1.165) is 0 Å². The van der Waals surface area contributed by atoms with Crippen molar-refractivity contribution in [1.82, 2.24) is 0 Å². The molecule has 0 saturated heterocycles. The molecular weight excluding hydrogens is 322 g/mol. The Morgan fingerprint density at radius 3 is 2.48 bits per heavy atom. The summed E-state index contributed by atoms with van der Waals surface area (Å²) < 4.78 is 5.86. The van der Waals surface area contributed by atoms with E-state index in [9.17, 15) is 25.4 Å². The van der Waals surface area contributed by atoms with Crippen molar-refractivity contribution in [2.75, 3.05) is 0 Å². The minimum Gasteiger partial charge on any atom is -0.486 e. The topological polar surface area (TPSA) is 117 Å². The van der Waals surface area contributed by atoms with Crippen molar-refractivity contribution < 1.29 is 14.5 Å². The Kier molecular flexibility index (Phi) is 3.61. The number of para-hydroxylation sites is 1. The maximum absolute atomic E-state index is 12.6. The van der Waals surface area contributed by atoms with Crippen LogP contribution in [0.2, 0.25) is 0 Å². The average Bonchev–Trinajstić information content (AvgIpc) is 2.88. The molecule has 0 N–H and O–H groups in total. The summed E-state index contributed by atoms with van der Waals surface area (Å²) in [7, 11) is 0. The largest absolute Gasteiger partial charge is 0.486 e. The van der Waals surface area contributed by atoms with E-state index in [1.54, 1.807) is 6.07 Å². The van der Waals surface area contributed by atoms with Gasteiger partial charge in [0.05, 0.1) is 28.2 Å². The molecule has 3 rings (SSSR count). The van der Waals surface area contributed by atoms with Crippen molar-refractivity contribution in [1.29, 1.82) is 10.5 Å². The van der Waals surface area contributed by atoms with E-state index in [1.165, 1.54) is 18.2 Å². The first-order valence-electron chi connectivity index (χ1n) is 7.75. The molecule has 0 aromatic heterocycles. The lowest BCUT2D eigenvalue weighted by Crippen LogP contribution is -2.32. The monoisotopic (exact) mass is 337 g/mol. The second kappa shape index (κ2) is 5.42. The molecule has 1 unspecified atom stereocenters. The van der Waals surface area contributed by atoms with Crippen molar-refractivity contribution in [3.63, 3.8) is 0 Å². The van der Waals surface area contributed by atoms with Gasteiger partial charge in [0.25, 0.3) is 5.69 Å². The summed E-state index contributed by atoms with van der Waals surface area (Å²) in [4.78, 5) is 23.4. The maximum Gasteiger partial charge on any atom is 0.276 e. The number of ether oxygens (including phenoxy) is 1.